The number of amides is 1. The van der Waals surface area contributed by atoms with Crippen molar-refractivity contribution in [2.45, 2.75) is 33.7 Å². The average Bonchev–Trinajstić information content (AvgIpc) is 2.95. The largest absolute Gasteiger partial charge is 0.468 e. The van der Waals surface area contributed by atoms with Gasteiger partial charge in [0.2, 0.25) is 5.91 Å². The molecule has 0 bridgehead atoms. The van der Waals surface area contributed by atoms with E-state index in [-0.39, 0.29) is 17.7 Å². The Morgan fingerprint density at radius 3 is 2.43 bits per heavy atom. The summed E-state index contributed by atoms with van der Waals surface area (Å²) in [5.74, 6) is -0.125. The van der Waals surface area contributed by atoms with Crippen molar-refractivity contribution in [2.24, 2.45) is 5.92 Å². The molecule has 0 saturated carbocycles. The molecule has 1 aromatic rings. The van der Waals surface area contributed by atoms with Gasteiger partial charge in [-0.2, -0.15) is 0 Å². The van der Waals surface area contributed by atoms with Crippen LogP contribution in [0.2, 0.25) is 0 Å². The molecule has 1 heterocycles. The molecule has 1 amide bonds. The van der Waals surface area contributed by atoms with Crippen molar-refractivity contribution < 1.29 is 17.6 Å². The minimum Gasteiger partial charge on any atom is -0.468 e. The van der Waals surface area contributed by atoms with Crippen LogP contribution in [0, 0.1) is 5.92 Å². The van der Waals surface area contributed by atoms with Gasteiger partial charge in [-0.25, -0.2) is 8.42 Å². The van der Waals surface area contributed by atoms with Gasteiger partial charge < -0.3 is 9.73 Å². The highest BCUT2D eigenvalue weighted by Crippen LogP contribution is 2.20. The maximum Gasteiger partial charge on any atom is 0.235 e. The van der Waals surface area contributed by atoms with E-state index < -0.39 is 21.5 Å². The number of carbonyl (C=O) groups excluding carboxylic acids is 1. The van der Waals surface area contributed by atoms with E-state index in [0.717, 1.165) is 18.8 Å². The number of sulfone groups is 1. The number of nitrogens with zero attached hydrogens (tertiary/aromatic N) is 1. The summed E-state index contributed by atoms with van der Waals surface area (Å²) in [5.41, 5.74) is 0. The molecule has 1 N–H and O–H groups in total. The van der Waals surface area contributed by atoms with Crippen LogP contribution in [0.5, 0.6) is 0 Å². The molecule has 132 valence electrons. The van der Waals surface area contributed by atoms with E-state index in [1.54, 1.807) is 12.3 Å². The second-order valence-electron chi connectivity index (χ2n) is 6.00. The summed E-state index contributed by atoms with van der Waals surface area (Å²) in [6.45, 7) is 9.66. The molecule has 23 heavy (non-hydrogen) atoms. The molecule has 0 fully saturated rings. The van der Waals surface area contributed by atoms with Crippen molar-refractivity contribution in [3.8, 4) is 0 Å². The molecule has 1 aromatic heterocycles. The van der Waals surface area contributed by atoms with E-state index in [1.807, 2.05) is 33.8 Å². The van der Waals surface area contributed by atoms with Crippen LogP contribution < -0.4 is 5.32 Å². The highest BCUT2D eigenvalue weighted by atomic mass is 32.2. The van der Waals surface area contributed by atoms with E-state index in [0.29, 0.717) is 6.54 Å². The zero-order valence-corrected chi connectivity index (χ0v) is 15.2. The lowest BCUT2D eigenvalue weighted by Crippen LogP contribution is -2.40. The molecular formula is C16H28N2O4S. The zero-order chi connectivity index (χ0) is 17.5. The van der Waals surface area contributed by atoms with Gasteiger partial charge in [0, 0.05) is 6.54 Å². The normalized spacial score (nSPS) is 13.5. The first-order chi connectivity index (χ1) is 10.8. The van der Waals surface area contributed by atoms with E-state index >= 15 is 0 Å². The maximum atomic E-state index is 12.0. The Morgan fingerprint density at radius 2 is 1.96 bits per heavy atom. The van der Waals surface area contributed by atoms with Gasteiger partial charge in [0.15, 0.2) is 9.84 Å². The second-order valence-corrected chi connectivity index (χ2v) is 8.11. The van der Waals surface area contributed by atoms with E-state index in [2.05, 4.69) is 10.2 Å². The summed E-state index contributed by atoms with van der Waals surface area (Å²) in [4.78, 5) is 14.1. The predicted octanol–water partition coefficient (Wildman–Crippen LogP) is 1.85. The van der Waals surface area contributed by atoms with Crippen molar-refractivity contribution in [3.05, 3.63) is 24.2 Å². The lowest BCUT2D eigenvalue weighted by atomic mass is 10.2. The highest BCUT2D eigenvalue weighted by Gasteiger charge is 2.23. The van der Waals surface area contributed by atoms with Gasteiger partial charge in [0.1, 0.15) is 11.5 Å². The molecule has 0 aliphatic carbocycles. The van der Waals surface area contributed by atoms with Gasteiger partial charge in [-0.05, 0) is 31.1 Å². The summed E-state index contributed by atoms with van der Waals surface area (Å²) in [5, 5.41) is 2.73. The number of likely N-dealkylation sites (N-methyl/N-ethyl adjacent to an activating group) is 1. The van der Waals surface area contributed by atoms with Crippen molar-refractivity contribution in [1.82, 2.24) is 10.2 Å². The Kier molecular flexibility index (Phi) is 7.78. The summed E-state index contributed by atoms with van der Waals surface area (Å²) < 4.78 is 29.2. The maximum absolute atomic E-state index is 12.0. The number of nitrogens with one attached hydrogen (secondary N) is 1. The number of carbonyl (C=O) groups is 1. The number of hydrogen-bond acceptors (Lipinski definition) is 5. The van der Waals surface area contributed by atoms with Crippen molar-refractivity contribution in [1.29, 1.82) is 0 Å². The molecule has 0 saturated heterocycles. The number of furan rings is 1. The smallest absolute Gasteiger partial charge is 0.235 e. The third-order valence-corrected chi connectivity index (χ3v) is 5.43. The van der Waals surface area contributed by atoms with Crippen LogP contribution in [-0.2, 0) is 14.6 Å². The van der Waals surface area contributed by atoms with Crippen LogP contribution in [0.25, 0.3) is 0 Å². The van der Waals surface area contributed by atoms with Crippen LogP contribution in [0.4, 0.5) is 0 Å². The molecule has 7 heteroatoms. The first kappa shape index (κ1) is 19.7. The third kappa shape index (κ3) is 6.74. The Labute approximate surface area is 139 Å². The topological polar surface area (TPSA) is 79.6 Å². The first-order valence-corrected chi connectivity index (χ1v) is 9.85. The van der Waals surface area contributed by atoms with E-state index in [1.165, 1.54) is 0 Å². The fourth-order valence-electron chi connectivity index (χ4n) is 2.58. The Bertz CT molecular complexity index is 563. The third-order valence-electron chi connectivity index (χ3n) is 3.56. The molecule has 1 atom stereocenters. The van der Waals surface area contributed by atoms with Crippen LogP contribution in [0.1, 0.15) is 39.5 Å². The van der Waals surface area contributed by atoms with Gasteiger partial charge in [-0.15, -0.1) is 0 Å². The Balaban J connectivity index is 2.66. The minimum absolute atomic E-state index is 0.0133. The monoisotopic (exact) mass is 344 g/mol. The molecule has 0 aliphatic rings. The molecular weight excluding hydrogens is 316 g/mol. The van der Waals surface area contributed by atoms with Gasteiger partial charge in [0.25, 0.3) is 0 Å². The molecule has 0 unspecified atom stereocenters. The van der Waals surface area contributed by atoms with Crippen LogP contribution >= 0.6 is 0 Å². The summed E-state index contributed by atoms with van der Waals surface area (Å²) in [7, 11) is -3.36. The Morgan fingerprint density at radius 1 is 1.30 bits per heavy atom. The van der Waals surface area contributed by atoms with Gasteiger partial charge in [-0.1, -0.05) is 27.7 Å². The predicted molar refractivity (Wildman–Crippen MR) is 90.9 cm³/mol. The molecule has 0 spiro atoms. The van der Waals surface area contributed by atoms with Gasteiger partial charge >= 0.3 is 0 Å². The zero-order valence-electron chi connectivity index (χ0n) is 14.4. The summed E-state index contributed by atoms with van der Waals surface area (Å²) in [6, 6.07) is 3.57. The number of rotatable bonds is 10. The van der Waals surface area contributed by atoms with Gasteiger partial charge in [-0.3, -0.25) is 9.69 Å². The molecule has 0 aliphatic heterocycles. The van der Waals surface area contributed by atoms with Crippen LogP contribution in [0.15, 0.2) is 22.8 Å². The molecule has 1 rings (SSSR count). The molecule has 0 aromatic carbocycles. The summed E-state index contributed by atoms with van der Waals surface area (Å²) >= 11 is 0. The van der Waals surface area contributed by atoms with Crippen molar-refractivity contribution in [3.63, 3.8) is 0 Å². The fourth-order valence-corrected chi connectivity index (χ4v) is 4.22. The quantitative estimate of drug-likeness (QED) is 0.701. The van der Waals surface area contributed by atoms with E-state index in [9.17, 15) is 13.2 Å². The summed E-state index contributed by atoms with van der Waals surface area (Å²) in [6.07, 6.45) is 1.60. The highest BCUT2D eigenvalue weighted by molar-refractivity contribution is 7.92. The van der Waals surface area contributed by atoms with Crippen LogP contribution in [0.3, 0.4) is 0 Å². The van der Waals surface area contributed by atoms with Gasteiger partial charge in [0.05, 0.1) is 18.1 Å². The van der Waals surface area contributed by atoms with E-state index in [4.69, 9.17) is 4.42 Å². The SMILES string of the molecule is CCN(CC)[C@@H](CNC(=O)CS(=O)(=O)CC(C)C)c1ccco1. The second kappa shape index (κ2) is 9.08. The first-order valence-electron chi connectivity index (χ1n) is 8.03. The average molecular weight is 344 g/mol. The lowest BCUT2D eigenvalue weighted by Gasteiger charge is -2.28. The molecule has 6 nitrogen and oxygen atoms in total. The minimum atomic E-state index is -3.36. The van der Waals surface area contributed by atoms with Crippen molar-refractivity contribution in [2.75, 3.05) is 31.1 Å². The fraction of sp³-hybridized carbons (Fsp3) is 0.688. The molecule has 0 radical (unpaired) electrons. The lowest BCUT2D eigenvalue weighted by molar-refractivity contribution is -0.118. The van der Waals surface area contributed by atoms with Crippen LogP contribution in [-0.4, -0.2) is 50.4 Å². The van der Waals surface area contributed by atoms with Crippen molar-refractivity contribution >= 4 is 15.7 Å². The standard InChI is InChI=1S/C16H28N2O4S/c1-5-18(6-2)14(15-8-7-9-22-15)10-17-16(19)12-23(20,21)11-13(3)4/h7-9,13-14H,5-6,10-12H2,1-4H3,(H,17,19)/t14-/m0/s1. The Hall–Kier alpha value is -1.34. The number of hydrogen-bond donors (Lipinski definition) is 1.